The maximum absolute atomic E-state index is 13.5. The number of ether oxygens (including phenoxy) is 1. The summed E-state index contributed by atoms with van der Waals surface area (Å²) in [6.07, 6.45) is 1.22. The third-order valence-electron chi connectivity index (χ3n) is 5.56. The number of nitrogens with zero attached hydrogens (tertiary/aromatic N) is 1. The molecule has 1 saturated heterocycles. The van der Waals surface area contributed by atoms with E-state index >= 15 is 0 Å². The maximum atomic E-state index is 13.5. The Morgan fingerprint density at radius 3 is 2.61 bits per heavy atom. The van der Waals surface area contributed by atoms with Crippen molar-refractivity contribution in [2.24, 2.45) is 0 Å². The summed E-state index contributed by atoms with van der Waals surface area (Å²) in [7, 11) is -3.23. The molecule has 0 saturated carbocycles. The van der Waals surface area contributed by atoms with E-state index in [1.165, 1.54) is 17.0 Å². The van der Waals surface area contributed by atoms with Crippen LogP contribution in [0.2, 0.25) is 5.02 Å². The highest BCUT2D eigenvalue weighted by molar-refractivity contribution is 7.91. The van der Waals surface area contributed by atoms with Gasteiger partial charge in [-0.1, -0.05) is 30.7 Å². The lowest BCUT2D eigenvalue weighted by atomic mass is 10.1. The minimum Gasteiger partial charge on any atom is -0.494 e. The molecule has 3 aromatic rings. The SMILES string of the molecule is CCCOc1ccc(CN(C(=O)c2cc(=O)c3cc(Cl)ccc3o2)[C@H]2CCS(=O)(=O)C2)cc1. The van der Waals surface area contributed by atoms with Crippen molar-refractivity contribution in [3.8, 4) is 5.75 Å². The molecule has 1 fully saturated rings. The molecule has 1 amide bonds. The van der Waals surface area contributed by atoms with Crippen LogP contribution in [0.4, 0.5) is 0 Å². The minimum atomic E-state index is -3.23. The van der Waals surface area contributed by atoms with Gasteiger partial charge in [-0.3, -0.25) is 9.59 Å². The monoisotopic (exact) mass is 489 g/mol. The number of benzene rings is 2. The second kappa shape index (κ2) is 9.57. The number of sulfone groups is 1. The zero-order valence-electron chi connectivity index (χ0n) is 18.1. The Morgan fingerprint density at radius 2 is 1.94 bits per heavy atom. The smallest absolute Gasteiger partial charge is 0.290 e. The van der Waals surface area contributed by atoms with Crippen LogP contribution in [0.25, 0.3) is 11.0 Å². The van der Waals surface area contributed by atoms with E-state index in [1.54, 1.807) is 6.07 Å². The van der Waals surface area contributed by atoms with E-state index in [4.69, 9.17) is 20.8 Å². The predicted octanol–water partition coefficient (Wildman–Crippen LogP) is 4.06. The lowest BCUT2D eigenvalue weighted by molar-refractivity contribution is 0.0648. The average molecular weight is 490 g/mol. The highest BCUT2D eigenvalue weighted by Crippen LogP contribution is 2.25. The molecular weight excluding hydrogens is 466 g/mol. The Hall–Kier alpha value is -2.84. The summed E-state index contributed by atoms with van der Waals surface area (Å²) in [5.74, 6) is -0.0459. The van der Waals surface area contributed by atoms with Gasteiger partial charge in [-0.05, 0) is 48.7 Å². The van der Waals surface area contributed by atoms with Gasteiger partial charge in [0.15, 0.2) is 21.0 Å². The van der Waals surface area contributed by atoms with Gasteiger partial charge in [-0.2, -0.15) is 0 Å². The van der Waals surface area contributed by atoms with E-state index in [-0.39, 0.29) is 34.8 Å². The third-order valence-corrected chi connectivity index (χ3v) is 7.54. The number of carbonyl (C=O) groups is 1. The van der Waals surface area contributed by atoms with Crippen LogP contribution in [0.5, 0.6) is 5.75 Å². The van der Waals surface area contributed by atoms with Crippen molar-refractivity contribution in [2.75, 3.05) is 18.1 Å². The van der Waals surface area contributed by atoms with Crippen molar-refractivity contribution in [3.05, 3.63) is 75.1 Å². The van der Waals surface area contributed by atoms with E-state index in [9.17, 15) is 18.0 Å². The van der Waals surface area contributed by atoms with Crippen LogP contribution in [0.3, 0.4) is 0 Å². The minimum absolute atomic E-state index is 0.0193. The molecule has 0 spiro atoms. The molecule has 2 aromatic carbocycles. The second-order valence-corrected chi connectivity index (χ2v) is 10.8. The van der Waals surface area contributed by atoms with Crippen molar-refractivity contribution in [3.63, 3.8) is 0 Å². The third kappa shape index (κ3) is 5.39. The van der Waals surface area contributed by atoms with E-state index in [0.29, 0.717) is 18.1 Å². The summed E-state index contributed by atoms with van der Waals surface area (Å²) in [5.41, 5.74) is 0.664. The van der Waals surface area contributed by atoms with E-state index in [1.807, 2.05) is 31.2 Å². The van der Waals surface area contributed by atoms with Crippen LogP contribution in [-0.4, -0.2) is 43.4 Å². The van der Waals surface area contributed by atoms with Crippen LogP contribution in [0.1, 0.15) is 35.9 Å². The zero-order valence-corrected chi connectivity index (χ0v) is 19.7. The topological polar surface area (TPSA) is 93.9 Å². The zero-order chi connectivity index (χ0) is 23.6. The first kappa shape index (κ1) is 23.3. The molecule has 7 nitrogen and oxygen atoms in total. The average Bonchev–Trinajstić information content (AvgIpc) is 3.16. The maximum Gasteiger partial charge on any atom is 0.290 e. The summed E-state index contributed by atoms with van der Waals surface area (Å²) in [5, 5.41) is 0.662. The number of amides is 1. The van der Waals surface area contributed by atoms with Crippen LogP contribution >= 0.6 is 11.6 Å². The van der Waals surface area contributed by atoms with E-state index < -0.39 is 27.2 Å². The van der Waals surface area contributed by atoms with Gasteiger partial charge < -0.3 is 14.1 Å². The fourth-order valence-electron chi connectivity index (χ4n) is 3.87. The predicted molar refractivity (Wildman–Crippen MR) is 127 cm³/mol. The quantitative estimate of drug-likeness (QED) is 0.496. The molecule has 2 heterocycles. The second-order valence-electron chi connectivity index (χ2n) is 8.10. The van der Waals surface area contributed by atoms with Crippen molar-refractivity contribution >= 4 is 38.3 Å². The summed E-state index contributed by atoms with van der Waals surface area (Å²) in [4.78, 5) is 27.5. The van der Waals surface area contributed by atoms with Gasteiger partial charge in [-0.25, -0.2) is 8.42 Å². The molecule has 0 radical (unpaired) electrons. The van der Waals surface area contributed by atoms with Gasteiger partial charge in [0, 0.05) is 23.7 Å². The largest absolute Gasteiger partial charge is 0.494 e. The summed E-state index contributed by atoms with van der Waals surface area (Å²) < 4.78 is 35.6. The van der Waals surface area contributed by atoms with Gasteiger partial charge in [-0.15, -0.1) is 0 Å². The molecule has 9 heteroatoms. The highest BCUT2D eigenvalue weighted by atomic mass is 35.5. The van der Waals surface area contributed by atoms with Crippen molar-refractivity contribution in [1.82, 2.24) is 4.90 Å². The summed E-state index contributed by atoms with van der Waals surface area (Å²) in [6.45, 7) is 2.80. The van der Waals surface area contributed by atoms with Gasteiger partial charge in [0.25, 0.3) is 5.91 Å². The Labute approximate surface area is 196 Å². The number of hydrogen-bond donors (Lipinski definition) is 0. The molecule has 1 aliphatic heterocycles. The van der Waals surface area contributed by atoms with Crippen molar-refractivity contribution in [1.29, 1.82) is 0 Å². The number of fused-ring (bicyclic) bond motifs is 1. The molecule has 0 N–H and O–H groups in total. The summed E-state index contributed by atoms with van der Waals surface area (Å²) >= 11 is 5.96. The molecule has 33 heavy (non-hydrogen) atoms. The fraction of sp³-hybridized carbons (Fsp3) is 0.333. The first-order chi connectivity index (χ1) is 15.8. The molecule has 1 aromatic heterocycles. The number of hydrogen-bond acceptors (Lipinski definition) is 6. The van der Waals surface area contributed by atoms with Gasteiger partial charge in [0.2, 0.25) is 0 Å². The number of carbonyl (C=O) groups excluding carboxylic acids is 1. The first-order valence-corrected chi connectivity index (χ1v) is 12.9. The van der Waals surface area contributed by atoms with Crippen molar-refractivity contribution in [2.45, 2.75) is 32.4 Å². The van der Waals surface area contributed by atoms with Crippen LogP contribution in [0.15, 0.2) is 57.7 Å². The standard InChI is InChI=1S/C24H24ClNO6S/c1-2-10-31-19-6-3-16(4-7-19)14-26(18-9-11-33(29,30)15-18)24(28)23-13-21(27)20-12-17(25)5-8-22(20)32-23/h3-8,12-13,18H,2,9-11,14-15H2,1H3/t18-/m0/s1. The number of halogens is 1. The number of rotatable bonds is 7. The lowest BCUT2D eigenvalue weighted by Crippen LogP contribution is -2.40. The molecule has 0 bridgehead atoms. The molecule has 1 aliphatic rings. The van der Waals surface area contributed by atoms with Crippen LogP contribution < -0.4 is 10.2 Å². The first-order valence-electron chi connectivity index (χ1n) is 10.7. The molecular formula is C24H24ClNO6S. The Kier molecular flexibility index (Phi) is 6.76. The summed E-state index contributed by atoms with van der Waals surface area (Å²) in [6, 6.07) is 12.5. The Morgan fingerprint density at radius 1 is 1.18 bits per heavy atom. The van der Waals surface area contributed by atoms with Crippen LogP contribution in [-0.2, 0) is 16.4 Å². The Balaban J connectivity index is 1.66. The van der Waals surface area contributed by atoms with Gasteiger partial charge in [0.1, 0.15) is 11.3 Å². The van der Waals surface area contributed by atoms with Crippen molar-refractivity contribution < 1.29 is 22.4 Å². The normalized spacial score (nSPS) is 17.2. The lowest BCUT2D eigenvalue weighted by Gasteiger charge is -2.28. The Bertz CT molecular complexity index is 1330. The van der Waals surface area contributed by atoms with Gasteiger partial charge in [0.05, 0.1) is 23.5 Å². The van der Waals surface area contributed by atoms with Gasteiger partial charge >= 0.3 is 0 Å². The van der Waals surface area contributed by atoms with E-state index in [2.05, 4.69) is 0 Å². The molecule has 174 valence electrons. The molecule has 0 aliphatic carbocycles. The highest BCUT2D eigenvalue weighted by Gasteiger charge is 2.36. The fourth-order valence-corrected chi connectivity index (χ4v) is 5.77. The molecule has 0 unspecified atom stereocenters. The van der Waals surface area contributed by atoms with Crippen LogP contribution in [0, 0.1) is 0 Å². The molecule has 4 rings (SSSR count). The molecule has 1 atom stereocenters. The van der Waals surface area contributed by atoms with E-state index in [0.717, 1.165) is 23.8 Å².